The fraction of sp³-hybridized carbons (Fsp3) is 0.154. The number of amides is 1. The van der Waals surface area contributed by atoms with E-state index in [2.05, 4.69) is 10.3 Å². The van der Waals surface area contributed by atoms with Crippen LogP contribution in [0.1, 0.15) is 30.6 Å². The van der Waals surface area contributed by atoms with Gasteiger partial charge >= 0.3 is 5.97 Å². The molecule has 0 radical (unpaired) electrons. The van der Waals surface area contributed by atoms with E-state index >= 15 is 0 Å². The van der Waals surface area contributed by atoms with E-state index in [-0.39, 0.29) is 17.4 Å². The van der Waals surface area contributed by atoms with E-state index < -0.39 is 5.97 Å². The minimum atomic E-state index is -1.13. The zero-order valence-electron chi connectivity index (χ0n) is 10.4. The Balaban J connectivity index is 2.19. The molecule has 0 saturated heterocycles. The number of nitrogens with zero attached hydrogens (tertiary/aromatic N) is 1. The van der Waals surface area contributed by atoms with Crippen LogP contribution in [-0.4, -0.2) is 22.0 Å². The molecule has 0 aliphatic rings. The number of carboxylic acid groups (broad SMARTS) is 1. The van der Waals surface area contributed by atoms with Crippen molar-refractivity contribution in [1.82, 2.24) is 4.98 Å². The van der Waals surface area contributed by atoms with Gasteiger partial charge < -0.3 is 10.4 Å². The van der Waals surface area contributed by atoms with Gasteiger partial charge in [-0.15, -0.1) is 11.3 Å². The Kier molecular flexibility index (Phi) is 3.62. The van der Waals surface area contributed by atoms with E-state index in [1.54, 1.807) is 12.1 Å². The summed E-state index contributed by atoms with van der Waals surface area (Å²) in [5.74, 6) is -1.18. The number of pyridine rings is 1. The zero-order valence-corrected chi connectivity index (χ0v) is 11.2. The highest BCUT2D eigenvalue weighted by Gasteiger charge is 2.12. The predicted molar refractivity (Wildman–Crippen MR) is 72.9 cm³/mol. The summed E-state index contributed by atoms with van der Waals surface area (Å²) in [5, 5.41) is 11.4. The lowest BCUT2D eigenvalue weighted by Crippen LogP contribution is -2.12. The van der Waals surface area contributed by atoms with Crippen molar-refractivity contribution in [2.75, 3.05) is 5.32 Å². The molecule has 2 aromatic rings. The average Bonchev–Trinajstić information content (AvgIpc) is 2.70. The second-order valence-electron chi connectivity index (χ2n) is 4.02. The Hall–Kier alpha value is -2.21. The molecule has 0 aromatic carbocycles. The summed E-state index contributed by atoms with van der Waals surface area (Å²) >= 11 is 1.40. The molecule has 0 aliphatic carbocycles. The molecule has 0 saturated carbocycles. The summed E-state index contributed by atoms with van der Waals surface area (Å²) in [6.45, 7) is 3.88. The van der Waals surface area contributed by atoms with Crippen LogP contribution in [0, 0.1) is 13.8 Å². The molecule has 0 fully saturated rings. The first-order chi connectivity index (χ1) is 8.97. The molecular formula is C13H12N2O3S. The highest BCUT2D eigenvalue weighted by molar-refractivity contribution is 7.14. The minimum absolute atomic E-state index is 0.101. The number of hydrogen-bond acceptors (Lipinski definition) is 4. The van der Waals surface area contributed by atoms with Gasteiger partial charge in [-0.3, -0.25) is 4.79 Å². The number of hydrogen-bond donors (Lipinski definition) is 2. The number of nitrogens with one attached hydrogen (secondary N) is 1. The van der Waals surface area contributed by atoms with Gasteiger partial charge in [-0.1, -0.05) is 6.07 Å². The van der Waals surface area contributed by atoms with Crippen LogP contribution >= 0.6 is 11.3 Å². The molecule has 0 bridgehead atoms. The lowest BCUT2D eigenvalue weighted by molar-refractivity contribution is 0.0690. The summed E-state index contributed by atoms with van der Waals surface area (Å²) < 4.78 is 0. The summed E-state index contributed by atoms with van der Waals surface area (Å²) in [7, 11) is 0. The number of rotatable bonds is 3. The van der Waals surface area contributed by atoms with Crippen LogP contribution in [0.25, 0.3) is 0 Å². The Morgan fingerprint density at radius 1 is 1.32 bits per heavy atom. The molecular weight excluding hydrogens is 264 g/mol. The first-order valence-electron chi connectivity index (χ1n) is 5.56. The Morgan fingerprint density at radius 2 is 2.05 bits per heavy atom. The van der Waals surface area contributed by atoms with E-state index in [1.807, 2.05) is 13.8 Å². The number of thiophene rings is 1. The maximum absolute atomic E-state index is 12.0. The van der Waals surface area contributed by atoms with Gasteiger partial charge in [0.05, 0.1) is 4.88 Å². The van der Waals surface area contributed by atoms with Crippen molar-refractivity contribution >= 4 is 29.0 Å². The van der Waals surface area contributed by atoms with Crippen LogP contribution in [0.5, 0.6) is 0 Å². The van der Waals surface area contributed by atoms with Crippen LogP contribution in [0.4, 0.5) is 5.82 Å². The molecule has 0 atom stereocenters. The standard InChI is InChI=1S/C13H12N2O3S/c1-7-6-10(19-8(7)2)12(16)15-11-5-3-4-9(14-11)13(17)18/h3-6H,1-2H3,(H,17,18)(H,14,15,16). The van der Waals surface area contributed by atoms with Crippen LogP contribution in [0.15, 0.2) is 24.3 Å². The van der Waals surface area contributed by atoms with Crippen LogP contribution in [-0.2, 0) is 0 Å². The van der Waals surface area contributed by atoms with Crippen molar-refractivity contribution in [1.29, 1.82) is 0 Å². The number of aryl methyl sites for hydroxylation is 2. The number of carbonyl (C=O) groups excluding carboxylic acids is 1. The van der Waals surface area contributed by atoms with Crippen LogP contribution in [0.3, 0.4) is 0 Å². The molecule has 0 spiro atoms. The molecule has 2 aromatic heterocycles. The normalized spacial score (nSPS) is 10.2. The third-order valence-corrected chi connectivity index (χ3v) is 3.75. The monoisotopic (exact) mass is 276 g/mol. The summed E-state index contributed by atoms with van der Waals surface area (Å²) in [4.78, 5) is 28.3. The first kappa shape index (κ1) is 13.2. The second-order valence-corrected chi connectivity index (χ2v) is 5.27. The van der Waals surface area contributed by atoms with Gasteiger partial charge in [0, 0.05) is 4.88 Å². The maximum atomic E-state index is 12.0. The maximum Gasteiger partial charge on any atom is 0.354 e. The molecule has 0 aliphatic heterocycles. The van der Waals surface area contributed by atoms with E-state index in [1.165, 1.54) is 23.5 Å². The largest absolute Gasteiger partial charge is 0.477 e. The lowest BCUT2D eigenvalue weighted by atomic mass is 10.3. The van der Waals surface area contributed by atoms with Gasteiger partial charge in [0.25, 0.3) is 5.91 Å². The Morgan fingerprint density at radius 3 is 2.63 bits per heavy atom. The zero-order chi connectivity index (χ0) is 14.0. The fourth-order valence-corrected chi connectivity index (χ4v) is 2.42. The molecule has 19 heavy (non-hydrogen) atoms. The van der Waals surface area contributed by atoms with Gasteiger partial charge in [-0.05, 0) is 37.6 Å². The topological polar surface area (TPSA) is 79.3 Å². The summed E-state index contributed by atoms with van der Waals surface area (Å²) in [5.41, 5.74) is 0.957. The van der Waals surface area contributed by atoms with Gasteiger partial charge in [-0.2, -0.15) is 0 Å². The molecule has 2 rings (SSSR count). The van der Waals surface area contributed by atoms with Crippen molar-refractivity contribution in [2.45, 2.75) is 13.8 Å². The van der Waals surface area contributed by atoms with Gasteiger partial charge in [0.15, 0.2) is 5.69 Å². The second kappa shape index (κ2) is 5.19. The van der Waals surface area contributed by atoms with Crippen molar-refractivity contribution in [2.24, 2.45) is 0 Å². The Bertz CT molecular complexity index is 630. The molecule has 0 unspecified atom stereocenters. The smallest absolute Gasteiger partial charge is 0.354 e. The third-order valence-electron chi connectivity index (χ3n) is 2.60. The molecule has 6 heteroatoms. The third kappa shape index (κ3) is 2.97. The summed E-state index contributed by atoms with van der Waals surface area (Å²) in [6.07, 6.45) is 0. The van der Waals surface area contributed by atoms with Gasteiger partial charge in [0.1, 0.15) is 5.82 Å². The van der Waals surface area contributed by atoms with Crippen molar-refractivity contribution in [3.8, 4) is 0 Å². The summed E-state index contributed by atoms with van der Waals surface area (Å²) in [6, 6.07) is 6.27. The van der Waals surface area contributed by atoms with Crippen LogP contribution in [0.2, 0.25) is 0 Å². The number of anilines is 1. The molecule has 98 valence electrons. The van der Waals surface area contributed by atoms with E-state index in [4.69, 9.17) is 5.11 Å². The molecule has 5 nitrogen and oxygen atoms in total. The minimum Gasteiger partial charge on any atom is -0.477 e. The number of carboxylic acids is 1. The number of carbonyl (C=O) groups is 2. The first-order valence-corrected chi connectivity index (χ1v) is 6.38. The van der Waals surface area contributed by atoms with Gasteiger partial charge in [-0.25, -0.2) is 9.78 Å². The quantitative estimate of drug-likeness (QED) is 0.903. The van der Waals surface area contributed by atoms with Crippen molar-refractivity contribution < 1.29 is 14.7 Å². The highest BCUT2D eigenvalue weighted by atomic mass is 32.1. The molecule has 2 N–H and O–H groups in total. The van der Waals surface area contributed by atoms with Crippen molar-refractivity contribution in [3.63, 3.8) is 0 Å². The van der Waals surface area contributed by atoms with E-state index in [0.717, 1.165) is 10.4 Å². The van der Waals surface area contributed by atoms with E-state index in [0.29, 0.717) is 4.88 Å². The SMILES string of the molecule is Cc1cc(C(=O)Nc2cccc(C(=O)O)n2)sc1C. The molecule has 1 amide bonds. The average molecular weight is 276 g/mol. The Labute approximate surface area is 113 Å². The van der Waals surface area contributed by atoms with Crippen LogP contribution < -0.4 is 5.32 Å². The lowest BCUT2D eigenvalue weighted by Gasteiger charge is -2.03. The van der Waals surface area contributed by atoms with Gasteiger partial charge in [0.2, 0.25) is 0 Å². The number of aromatic carboxylic acids is 1. The predicted octanol–water partition coefficient (Wildman–Crippen LogP) is 2.71. The molecule has 2 heterocycles. The van der Waals surface area contributed by atoms with Crippen molar-refractivity contribution in [3.05, 3.63) is 45.3 Å². The number of aromatic nitrogens is 1. The van der Waals surface area contributed by atoms with E-state index in [9.17, 15) is 9.59 Å². The fourth-order valence-electron chi connectivity index (χ4n) is 1.49. The highest BCUT2D eigenvalue weighted by Crippen LogP contribution is 2.21.